The van der Waals surface area contributed by atoms with E-state index in [-0.39, 0.29) is 12.0 Å². The number of anilines is 8. The summed E-state index contributed by atoms with van der Waals surface area (Å²) in [7, 11) is 0. The fourth-order valence-corrected chi connectivity index (χ4v) is 10.1. The zero-order valence-corrected chi connectivity index (χ0v) is 34.7. The first-order valence-electron chi connectivity index (χ1n) is 21.3. The predicted octanol–water partition coefficient (Wildman–Crippen LogP) is 15.4. The maximum absolute atomic E-state index is 2.50. The van der Waals surface area contributed by atoms with Crippen LogP contribution in [0.3, 0.4) is 0 Å². The highest BCUT2D eigenvalue weighted by atomic mass is 15.2. The van der Waals surface area contributed by atoms with Crippen LogP contribution in [0.4, 0.5) is 45.5 Å². The van der Waals surface area contributed by atoms with Crippen molar-refractivity contribution in [2.75, 3.05) is 14.7 Å². The lowest BCUT2D eigenvalue weighted by Crippen LogP contribution is -2.28. The van der Waals surface area contributed by atoms with Gasteiger partial charge in [0.2, 0.25) is 0 Å². The molecule has 0 radical (unpaired) electrons. The number of rotatable bonds is 8. The van der Waals surface area contributed by atoms with Crippen LogP contribution in [0.25, 0.3) is 27.5 Å². The summed E-state index contributed by atoms with van der Waals surface area (Å²) < 4.78 is 2.39. The van der Waals surface area contributed by atoms with E-state index in [1.165, 1.54) is 66.8 Å². The molecule has 294 valence electrons. The van der Waals surface area contributed by atoms with Crippen LogP contribution < -0.4 is 14.7 Å². The minimum Gasteiger partial charge on any atom is -0.333 e. The molecule has 1 aliphatic heterocycles. The molecule has 8 aromatic carbocycles. The lowest BCUT2D eigenvalue weighted by atomic mass is 9.91. The molecule has 61 heavy (non-hydrogen) atoms. The fraction of sp³-hybridized carbons (Fsp3) is 0.0877. The number of allylic oxidation sites excluding steroid dienone is 2. The second-order valence-electron chi connectivity index (χ2n) is 16.3. The van der Waals surface area contributed by atoms with Crippen molar-refractivity contribution in [1.82, 2.24) is 4.57 Å². The van der Waals surface area contributed by atoms with Crippen LogP contribution in [-0.2, 0) is 0 Å². The molecule has 1 aromatic heterocycles. The maximum Gasteiger partial charge on any atom is 0.0629 e. The quantitative estimate of drug-likeness (QED) is 0.152. The van der Waals surface area contributed by atoms with Gasteiger partial charge in [-0.15, -0.1) is 0 Å². The lowest BCUT2D eigenvalue weighted by molar-refractivity contribution is 0.745. The number of aryl methyl sites for hydroxylation is 2. The minimum absolute atomic E-state index is 0.218. The molecule has 0 N–H and O–H groups in total. The van der Waals surface area contributed by atoms with Crippen LogP contribution in [0.5, 0.6) is 0 Å². The Morgan fingerprint density at radius 1 is 0.426 bits per heavy atom. The Morgan fingerprint density at radius 3 is 1.61 bits per heavy atom. The highest BCUT2D eigenvalue weighted by Crippen LogP contribution is 2.52. The van der Waals surface area contributed by atoms with Crippen LogP contribution >= 0.6 is 0 Å². The van der Waals surface area contributed by atoms with Gasteiger partial charge in [0.25, 0.3) is 0 Å². The van der Waals surface area contributed by atoms with Crippen LogP contribution in [-0.4, -0.2) is 10.6 Å². The Hall–Kier alpha value is -7.56. The Balaban J connectivity index is 1.11. The molecule has 0 spiro atoms. The number of hydrogen-bond donors (Lipinski definition) is 0. The van der Waals surface area contributed by atoms with Gasteiger partial charge in [-0.05, 0) is 134 Å². The second-order valence-corrected chi connectivity index (χ2v) is 16.3. The summed E-state index contributed by atoms with van der Waals surface area (Å²) in [6, 6.07) is 68.7. The van der Waals surface area contributed by atoms with Crippen molar-refractivity contribution in [3.63, 3.8) is 0 Å². The molecule has 4 nitrogen and oxygen atoms in total. The van der Waals surface area contributed by atoms with E-state index >= 15 is 0 Å². The van der Waals surface area contributed by atoms with Crippen molar-refractivity contribution in [3.8, 4) is 5.69 Å². The monoisotopic (exact) mass is 786 g/mol. The van der Waals surface area contributed by atoms with E-state index in [0.717, 1.165) is 28.4 Å². The molecule has 9 aromatic rings. The van der Waals surface area contributed by atoms with Crippen molar-refractivity contribution >= 4 is 67.3 Å². The van der Waals surface area contributed by atoms with Crippen molar-refractivity contribution < 1.29 is 0 Å². The summed E-state index contributed by atoms with van der Waals surface area (Å²) in [6.45, 7) is 6.84. The molecular formula is C57H46N4. The zero-order valence-electron chi connectivity index (χ0n) is 34.7. The first-order valence-corrected chi connectivity index (χ1v) is 21.3. The van der Waals surface area contributed by atoms with Crippen molar-refractivity contribution in [2.45, 2.75) is 32.7 Å². The van der Waals surface area contributed by atoms with Crippen molar-refractivity contribution in [1.29, 1.82) is 0 Å². The van der Waals surface area contributed by atoms with E-state index in [9.17, 15) is 0 Å². The van der Waals surface area contributed by atoms with Crippen LogP contribution in [0.1, 0.15) is 28.2 Å². The largest absolute Gasteiger partial charge is 0.333 e. The molecule has 0 amide bonds. The number of para-hydroxylation sites is 5. The Bertz CT molecular complexity index is 3130. The summed E-state index contributed by atoms with van der Waals surface area (Å²) in [6.07, 6.45) is 9.12. The number of nitrogens with zero attached hydrogens (tertiary/aromatic N) is 4. The zero-order chi connectivity index (χ0) is 41.0. The molecule has 4 heteroatoms. The maximum atomic E-state index is 2.50. The number of fused-ring (bicyclic) bond motifs is 6. The summed E-state index contributed by atoms with van der Waals surface area (Å²) in [4.78, 5) is 7.45. The fourth-order valence-electron chi connectivity index (χ4n) is 10.1. The van der Waals surface area contributed by atoms with E-state index in [2.05, 4.69) is 252 Å². The molecule has 11 rings (SSSR count). The highest BCUT2D eigenvalue weighted by Gasteiger charge is 2.38. The van der Waals surface area contributed by atoms with E-state index in [0.29, 0.717) is 0 Å². The number of hydrogen-bond acceptors (Lipinski definition) is 3. The molecule has 2 heterocycles. The average Bonchev–Trinajstić information content (AvgIpc) is 3.82. The first kappa shape index (κ1) is 36.5. The Kier molecular flexibility index (Phi) is 8.93. The van der Waals surface area contributed by atoms with Gasteiger partial charge in [0.15, 0.2) is 0 Å². The third kappa shape index (κ3) is 6.05. The molecule has 1 aliphatic carbocycles. The van der Waals surface area contributed by atoms with Gasteiger partial charge in [0.05, 0.1) is 28.5 Å². The minimum atomic E-state index is 0.218. The Labute approximate surface area is 358 Å². The number of aromatic nitrogens is 1. The van der Waals surface area contributed by atoms with E-state index in [1.54, 1.807) is 0 Å². The normalized spacial score (nSPS) is 15.3. The van der Waals surface area contributed by atoms with E-state index in [1.807, 2.05) is 0 Å². The summed E-state index contributed by atoms with van der Waals surface area (Å²) >= 11 is 0. The lowest BCUT2D eigenvalue weighted by Gasteiger charge is -2.34. The van der Waals surface area contributed by atoms with E-state index < -0.39 is 0 Å². The number of benzene rings is 8. The van der Waals surface area contributed by atoms with Gasteiger partial charge in [-0.2, -0.15) is 0 Å². The van der Waals surface area contributed by atoms with Crippen LogP contribution in [0.15, 0.2) is 212 Å². The third-order valence-corrected chi connectivity index (χ3v) is 12.6. The second kappa shape index (κ2) is 14.9. The van der Waals surface area contributed by atoms with Gasteiger partial charge in [-0.25, -0.2) is 0 Å². The molecule has 2 aliphatic rings. The molecule has 0 saturated carbocycles. The van der Waals surface area contributed by atoms with Crippen molar-refractivity contribution in [2.24, 2.45) is 0 Å². The smallest absolute Gasteiger partial charge is 0.0629 e. The summed E-state index contributed by atoms with van der Waals surface area (Å²) in [5.41, 5.74) is 17.8. The average molecular weight is 787 g/mol. The van der Waals surface area contributed by atoms with Gasteiger partial charge in [0.1, 0.15) is 0 Å². The topological polar surface area (TPSA) is 14.7 Å². The third-order valence-electron chi connectivity index (χ3n) is 12.6. The Morgan fingerprint density at radius 2 is 0.951 bits per heavy atom. The summed E-state index contributed by atoms with van der Waals surface area (Å²) in [5, 5.41) is 2.46. The summed E-state index contributed by atoms with van der Waals surface area (Å²) in [5.74, 6) is 0.241. The standard InChI is InChI=1S/C57H46N4/c1-39-36-40(2)57(59(43-22-10-5-11-23-43)47-33-35-55-51(38-47)49-29-17-19-31-53(49)61(55)45-26-14-7-15-27-45)41(3)56(39)58(42-20-8-4-9-21-42)46-32-34-54-50(37-46)48-28-16-18-30-52(48)60(54)44-24-12-6-13-25-44/h4-38,48,52H,1-3H3. The van der Waals surface area contributed by atoms with Gasteiger partial charge in [0, 0.05) is 56.5 Å². The van der Waals surface area contributed by atoms with Crippen LogP contribution in [0.2, 0.25) is 0 Å². The van der Waals surface area contributed by atoms with Crippen molar-refractivity contribution in [3.05, 3.63) is 235 Å². The molecular weight excluding hydrogens is 741 g/mol. The van der Waals surface area contributed by atoms with Gasteiger partial charge < -0.3 is 19.3 Å². The van der Waals surface area contributed by atoms with Gasteiger partial charge in [-0.1, -0.05) is 121 Å². The molecule has 2 atom stereocenters. The molecule has 0 bridgehead atoms. The SMILES string of the molecule is Cc1cc(C)c(N(c2ccccc2)c2ccc3c(c2)c2ccccc2n3-c2ccccc2)c(C)c1N(c1ccccc1)c1ccc2c(c1)C1C=CC=CC1N2c1ccccc1. The molecule has 0 fully saturated rings. The molecule has 2 unspecified atom stereocenters. The first-order chi connectivity index (χ1) is 30.0. The highest BCUT2D eigenvalue weighted by molar-refractivity contribution is 6.11. The van der Waals surface area contributed by atoms with Crippen LogP contribution in [0, 0.1) is 20.8 Å². The van der Waals surface area contributed by atoms with Gasteiger partial charge in [-0.3, -0.25) is 0 Å². The molecule has 0 saturated heterocycles. The van der Waals surface area contributed by atoms with E-state index in [4.69, 9.17) is 0 Å². The van der Waals surface area contributed by atoms with Gasteiger partial charge >= 0.3 is 0 Å². The predicted molar refractivity (Wildman–Crippen MR) is 258 cm³/mol.